The summed E-state index contributed by atoms with van der Waals surface area (Å²) in [7, 11) is 0. The van der Waals surface area contributed by atoms with Gasteiger partial charge in [0.1, 0.15) is 5.01 Å². The molecule has 0 saturated carbocycles. The van der Waals surface area contributed by atoms with Gasteiger partial charge < -0.3 is 10.6 Å². The van der Waals surface area contributed by atoms with E-state index in [-0.39, 0.29) is 30.3 Å². The molecule has 0 spiro atoms. The van der Waals surface area contributed by atoms with Crippen molar-refractivity contribution in [2.45, 2.75) is 13.0 Å². The largest absolute Gasteiger partial charge is 0.347 e. The van der Waals surface area contributed by atoms with Crippen molar-refractivity contribution in [2.24, 2.45) is 5.92 Å². The Kier molecular flexibility index (Phi) is 5.97. The summed E-state index contributed by atoms with van der Waals surface area (Å²) in [5.74, 6) is 0.222. The van der Waals surface area contributed by atoms with Gasteiger partial charge in [0.15, 0.2) is 0 Å². The van der Waals surface area contributed by atoms with Crippen LogP contribution in [0.4, 0.5) is 0 Å². The second-order valence-electron chi connectivity index (χ2n) is 5.16. The standard InChI is InChI=1S/C15H16BrN3OS.ClH/c1-9(18-14(20)11-6-17-7-11)15-19-13(8-21-15)10-2-4-12(16)5-3-10;/h2-5,8-9,11,17H,6-7H2,1H3,(H,18,20);1H. The van der Waals surface area contributed by atoms with Crippen molar-refractivity contribution < 1.29 is 4.79 Å². The van der Waals surface area contributed by atoms with E-state index >= 15 is 0 Å². The molecular weight excluding hydrogens is 386 g/mol. The van der Waals surface area contributed by atoms with E-state index in [9.17, 15) is 4.79 Å². The fourth-order valence-electron chi connectivity index (χ4n) is 2.11. The second-order valence-corrected chi connectivity index (χ2v) is 6.97. The summed E-state index contributed by atoms with van der Waals surface area (Å²) >= 11 is 5.01. The van der Waals surface area contributed by atoms with Crippen molar-refractivity contribution in [3.8, 4) is 11.3 Å². The molecule has 1 atom stereocenters. The molecular formula is C15H17BrClN3OS. The van der Waals surface area contributed by atoms with Gasteiger partial charge in [-0.1, -0.05) is 28.1 Å². The Morgan fingerprint density at radius 3 is 2.68 bits per heavy atom. The van der Waals surface area contributed by atoms with E-state index in [0.717, 1.165) is 33.8 Å². The van der Waals surface area contributed by atoms with E-state index in [2.05, 4.69) is 31.5 Å². The lowest BCUT2D eigenvalue weighted by atomic mass is 10.0. The molecule has 2 N–H and O–H groups in total. The van der Waals surface area contributed by atoms with Crippen LogP contribution in [-0.2, 0) is 4.79 Å². The normalized spacial score (nSPS) is 15.5. The van der Waals surface area contributed by atoms with Crippen LogP contribution in [0, 0.1) is 5.92 Å². The number of rotatable bonds is 4. The van der Waals surface area contributed by atoms with Crippen molar-refractivity contribution >= 4 is 45.6 Å². The molecule has 0 aliphatic carbocycles. The first kappa shape index (κ1) is 17.4. The molecule has 1 aliphatic rings. The van der Waals surface area contributed by atoms with E-state index in [1.165, 1.54) is 0 Å². The van der Waals surface area contributed by atoms with E-state index in [4.69, 9.17) is 0 Å². The highest BCUT2D eigenvalue weighted by atomic mass is 79.9. The fraction of sp³-hybridized carbons (Fsp3) is 0.333. The number of nitrogens with zero attached hydrogens (tertiary/aromatic N) is 1. The zero-order valence-electron chi connectivity index (χ0n) is 12.0. The van der Waals surface area contributed by atoms with Crippen LogP contribution in [0.5, 0.6) is 0 Å². The zero-order chi connectivity index (χ0) is 14.8. The van der Waals surface area contributed by atoms with Crippen molar-refractivity contribution in [2.75, 3.05) is 13.1 Å². The molecule has 2 heterocycles. The molecule has 0 radical (unpaired) electrons. The quantitative estimate of drug-likeness (QED) is 0.824. The zero-order valence-corrected chi connectivity index (χ0v) is 15.2. The van der Waals surface area contributed by atoms with Gasteiger partial charge in [0, 0.05) is 28.5 Å². The molecule has 4 nitrogen and oxygen atoms in total. The Morgan fingerprint density at radius 2 is 2.09 bits per heavy atom. The molecule has 1 aromatic carbocycles. The third-order valence-corrected chi connectivity index (χ3v) is 5.10. The summed E-state index contributed by atoms with van der Waals surface area (Å²) in [4.78, 5) is 16.6. The lowest BCUT2D eigenvalue weighted by Gasteiger charge is -2.27. The molecule has 1 saturated heterocycles. The molecule has 0 bridgehead atoms. The van der Waals surface area contributed by atoms with Crippen molar-refractivity contribution in [1.29, 1.82) is 0 Å². The van der Waals surface area contributed by atoms with Gasteiger partial charge in [0.2, 0.25) is 5.91 Å². The van der Waals surface area contributed by atoms with Gasteiger partial charge in [0.05, 0.1) is 17.7 Å². The van der Waals surface area contributed by atoms with Crippen LogP contribution >= 0.6 is 39.7 Å². The maximum Gasteiger partial charge on any atom is 0.226 e. The predicted octanol–water partition coefficient (Wildman–Crippen LogP) is 3.39. The molecule has 118 valence electrons. The number of nitrogens with one attached hydrogen (secondary N) is 2. The Balaban J connectivity index is 0.00000176. The lowest BCUT2D eigenvalue weighted by molar-refractivity contribution is -0.127. The Labute approximate surface area is 148 Å². The summed E-state index contributed by atoms with van der Waals surface area (Å²) in [6.07, 6.45) is 0. The maximum absolute atomic E-state index is 11.9. The minimum atomic E-state index is -0.0488. The Bertz CT molecular complexity index is 642. The highest BCUT2D eigenvalue weighted by molar-refractivity contribution is 9.10. The molecule has 22 heavy (non-hydrogen) atoms. The number of aromatic nitrogens is 1. The number of carbonyl (C=O) groups excluding carboxylic acids is 1. The predicted molar refractivity (Wildman–Crippen MR) is 95.4 cm³/mol. The number of hydrogen-bond donors (Lipinski definition) is 2. The van der Waals surface area contributed by atoms with Crippen molar-refractivity contribution in [1.82, 2.24) is 15.6 Å². The van der Waals surface area contributed by atoms with Crippen LogP contribution in [-0.4, -0.2) is 24.0 Å². The molecule has 1 aromatic heterocycles. The summed E-state index contributed by atoms with van der Waals surface area (Å²) in [6, 6.07) is 8.03. The van der Waals surface area contributed by atoms with Crippen LogP contribution in [0.25, 0.3) is 11.3 Å². The fourth-order valence-corrected chi connectivity index (χ4v) is 3.21. The number of halogens is 2. The molecule has 3 rings (SSSR count). The van der Waals surface area contributed by atoms with Crippen LogP contribution in [0.1, 0.15) is 18.0 Å². The SMILES string of the molecule is CC(NC(=O)C1CNC1)c1nc(-c2ccc(Br)cc2)cs1.Cl. The third-order valence-electron chi connectivity index (χ3n) is 3.54. The summed E-state index contributed by atoms with van der Waals surface area (Å²) < 4.78 is 1.05. The first-order valence-corrected chi connectivity index (χ1v) is 8.53. The summed E-state index contributed by atoms with van der Waals surface area (Å²) in [5, 5.41) is 9.11. The van der Waals surface area contributed by atoms with E-state index < -0.39 is 0 Å². The van der Waals surface area contributed by atoms with Crippen molar-refractivity contribution in [3.63, 3.8) is 0 Å². The number of benzene rings is 1. The smallest absolute Gasteiger partial charge is 0.226 e. The lowest BCUT2D eigenvalue weighted by Crippen LogP contribution is -2.51. The number of carbonyl (C=O) groups is 1. The van der Waals surface area contributed by atoms with Gasteiger partial charge >= 0.3 is 0 Å². The summed E-state index contributed by atoms with van der Waals surface area (Å²) in [5.41, 5.74) is 2.04. The van der Waals surface area contributed by atoms with Crippen LogP contribution in [0.3, 0.4) is 0 Å². The number of hydrogen-bond acceptors (Lipinski definition) is 4. The molecule has 1 aliphatic heterocycles. The van der Waals surface area contributed by atoms with Gasteiger partial charge in [-0.15, -0.1) is 23.7 Å². The molecule has 1 fully saturated rings. The maximum atomic E-state index is 11.9. The van der Waals surface area contributed by atoms with Crippen LogP contribution < -0.4 is 10.6 Å². The minimum Gasteiger partial charge on any atom is -0.347 e. The minimum absolute atomic E-state index is 0. The molecule has 1 unspecified atom stereocenters. The van der Waals surface area contributed by atoms with Crippen molar-refractivity contribution in [3.05, 3.63) is 39.1 Å². The Morgan fingerprint density at radius 1 is 1.41 bits per heavy atom. The first-order chi connectivity index (χ1) is 10.1. The topological polar surface area (TPSA) is 54.0 Å². The van der Waals surface area contributed by atoms with Gasteiger partial charge in [-0.05, 0) is 19.1 Å². The first-order valence-electron chi connectivity index (χ1n) is 6.86. The monoisotopic (exact) mass is 401 g/mol. The van der Waals surface area contributed by atoms with Gasteiger partial charge in [0.25, 0.3) is 0 Å². The number of amides is 1. The molecule has 1 amide bonds. The average molecular weight is 403 g/mol. The van der Waals surface area contributed by atoms with Gasteiger partial charge in [-0.3, -0.25) is 4.79 Å². The number of thiazole rings is 1. The van der Waals surface area contributed by atoms with Gasteiger partial charge in [-0.25, -0.2) is 4.98 Å². The molecule has 2 aromatic rings. The third kappa shape index (κ3) is 3.87. The van der Waals surface area contributed by atoms with E-state index in [1.807, 2.05) is 36.6 Å². The highest BCUT2D eigenvalue weighted by Crippen LogP contribution is 2.26. The second kappa shape index (κ2) is 7.55. The van der Waals surface area contributed by atoms with Gasteiger partial charge in [-0.2, -0.15) is 0 Å². The van der Waals surface area contributed by atoms with E-state index in [0.29, 0.717) is 0 Å². The summed E-state index contributed by atoms with van der Waals surface area (Å²) in [6.45, 7) is 3.54. The van der Waals surface area contributed by atoms with Crippen LogP contribution in [0.15, 0.2) is 34.1 Å². The molecule has 7 heteroatoms. The van der Waals surface area contributed by atoms with Crippen LogP contribution in [0.2, 0.25) is 0 Å². The Hall–Kier alpha value is -0.950. The highest BCUT2D eigenvalue weighted by Gasteiger charge is 2.26. The average Bonchev–Trinajstić information content (AvgIpc) is 2.87. The van der Waals surface area contributed by atoms with E-state index in [1.54, 1.807) is 11.3 Å².